The van der Waals surface area contributed by atoms with Crippen molar-refractivity contribution in [3.8, 4) is 0 Å². The van der Waals surface area contributed by atoms with E-state index in [4.69, 9.17) is 4.74 Å². The van der Waals surface area contributed by atoms with Gasteiger partial charge in [0.2, 0.25) is 5.91 Å². The Bertz CT molecular complexity index is 737. The minimum Gasteiger partial charge on any atom is -0.478 e. The van der Waals surface area contributed by atoms with Crippen molar-refractivity contribution < 1.29 is 19.4 Å². The van der Waals surface area contributed by atoms with E-state index in [1.807, 2.05) is 19.1 Å². The molecule has 146 valence electrons. The summed E-state index contributed by atoms with van der Waals surface area (Å²) in [5, 5.41) is 12.3. The Labute approximate surface area is 159 Å². The number of hydrogen-bond donors (Lipinski definition) is 2. The molecule has 0 saturated carbocycles. The van der Waals surface area contributed by atoms with Crippen LogP contribution < -0.4 is 5.32 Å². The second kappa shape index (κ2) is 7.24. The zero-order chi connectivity index (χ0) is 19.0. The van der Waals surface area contributed by atoms with Crippen molar-refractivity contribution in [1.29, 1.82) is 0 Å². The highest BCUT2D eigenvalue weighted by atomic mass is 16.5. The highest BCUT2D eigenvalue weighted by molar-refractivity contribution is 5.87. The van der Waals surface area contributed by atoms with Gasteiger partial charge in [0.25, 0.3) is 0 Å². The van der Waals surface area contributed by atoms with E-state index in [1.54, 1.807) is 12.1 Å². The van der Waals surface area contributed by atoms with E-state index >= 15 is 0 Å². The summed E-state index contributed by atoms with van der Waals surface area (Å²) in [4.78, 5) is 25.5. The molecule has 3 aliphatic rings. The Kier molecular flexibility index (Phi) is 4.95. The van der Waals surface area contributed by atoms with E-state index in [0.29, 0.717) is 30.4 Å². The summed E-state index contributed by atoms with van der Waals surface area (Å²) in [5.41, 5.74) is 1.28. The molecule has 2 N–H and O–H groups in total. The Morgan fingerprint density at radius 1 is 1.41 bits per heavy atom. The molecule has 0 aliphatic carbocycles. The number of rotatable bonds is 7. The average molecular weight is 372 g/mol. The van der Waals surface area contributed by atoms with Gasteiger partial charge in [0.1, 0.15) is 0 Å². The first-order valence-corrected chi connectivity index (χ1v) is 10.00. The first kappa shape index (κ1) is 18.4. The van der Waals surface area contributed by atoms with Gasteiger partial charge in [-0.3, -0.25) is 9.69 Å². The molecule has 1 aromatic carbocycles. The van der Waals surface area contributed by atoms with Gasteiger partial charge >= 0.3 is 5.97 Å². The molecular weight excluding hydrogens is 344 g/mol. The molecule has 3 fully saturated rings. The zero-order valence-electron chi connectivity index (χ0n) is 15.8. The summed E-state index contributed by atoms with van der Waals surface area (Å²) in [5.74, 6) is 0.0731. The fourth-order valence-electron chi connectivity index (χ4n) is 5.29. The van der Waals surface area contributed by atoms with Crippen molar-refractivity contribution in [2.45, 2.75) is 50.9 Å². The number of carbonyl (C=O) groups excluding carboxylic acids is 1. The van der Waals surface area contributed by atoms with E-state index in [1.165, 1.54) is 0 Å². The molecule has 0 radical (unpaired) electrons. The van der Waals surface area contributed by atoms with Gasteiger partial charge < -0.3 is 15.2 Å². The van der Waals surface area contributed by atoms with Crippen LogP contribution >= 0.6 is 0 Å². The normalized spacial score (nSPS) is 31.8. The van der Waals surface area contributed by atoms with Crippen molar-refractivity contribution in [1.82, 2.24) is 10.2 Å². The summed E-state index contributed by atoms with van der Waals surface area (Å²) < 4.78 is 6.43. The van der Waals surface area contributed by atoms with E-state index in [2.05, 4.69) is 10.2 Å². The zero-order valence-corrected chi connectivity index (χ0v) is 15.8. The number of amides is 1. The van der Waals surface area contributed by atoms with Crippen molar-refractivity contribution in [3.63, 3.8) is 0 Å². The quantitative estimate of drug-likeness (QED) is 0.768. The van der Waals surface area contributed by atoms with Gasteiger partial charge in [-0.1, -0.05) is 19.1 Å². The number of benzene rings is 1. The number of carboxylic acid groups (broad SMARTS) is 1. The molecule has 0 aromatic heterocycles. The molecule has 4 rings (SSSR count). The van der Waals surface area contributed by atoms with Crippen LogP contribution in [-0.2, 0) is 16.1 Å². The highest BCUT2D eigenvalue weighted by Gasteiger charge is 2.62. The van der Waals surface area contributed by atoms with E-state index < -0.39 is 5.97 Å². The van der Waals surface area contributed by atoms with Crippen LogP contribution in [0.4, 0.5) is 0 Å². The molecule has 6 heteroatoms. The third-order valence-electron chi connectivity index (χ3n) is 6.45. The van der Waals surface area contributed by atoms with Gasteiger partial charge in [-0.2, -0.15) is 0 Å². The Balaban J connectivity index is 1.41. The number of aromatic carboxylic acids is 1. The number of nitrogens with zero attached hydrogens (tertiary/aromatic N) is 1. The topological polar surface area (TPSA) is 78.9 Å². The Morgan fingerprint density at radius 3 is 3.04 bits per heavy atom. The third kappa shape index (κ3) is 3.48. The monoisotopic (exact) mass is 372 g/mol. The van der Waals surface area contributed by atoms with Crippen LogP contribution in [0.2, 0.25) is 0 Å². The smallest absolute Gasteiger partial charge is 0.335 e. The van der Waals surface area contributed by atoms with Gasteiger partial charge in [0.15, 0.2) is 0 Å². The van der Waals surface area contributed by atoms with E-state index in [0.717, 1.165) is 44.5 Å². The minimum atomic E-state index is -0.890. The molecule has 3 saturated heterocycles. The van der Waals surface area contributed by atoms with E-state index in [9.17, 15) is 14.7 Å². The van der Waals surface area contributed by atoms with Crippen molar-refractivity contribution in [2.24, 2.45) is 11.8 Å². The maximum atomic E-state index is 11.9. The Morgan fingerprint density at radius 2 is 2.26 bits per heavy atom. The standard InChI is InChI=1S/C21H28N2O4/c1-2-4-19(24)22-10-16-17-12-23(13-21(17)8-7-18(16)27-21)11-14-5-3-6-15(9-14)20(25)26/h3,5-6,9,16-18H,2,4,7-8,10-13H2,1H3,(H,22,24)(H,25,26)/t16-,17+,18+,21+/m0/s1. The SMILES string of the molecule is CCCC(=O)NC[C@H]1[C@H]2CN(Cc3cccc(C(=O)O)c3)C[C@]23CC[C@H]1O3. The molecule has 1 spiro atoms. The number of likely N-dealkylation sites (tertiary alicyclic amines) is 1. The molecule has 0 unspecified atom stereocenters. The summed E-state index contributed by atoms with van der Waals surface area (Å²) in [7, 11) is 0. The molecule has 2 bridgehead atoms. The lowest BCUT2D eigenvalue weighted by Gasteiger charge is -2.29. The molecule has 4 atom stereocenters. The highest BCUT2D eigenvalue weighted by Crippen LogP contribution is 2.54. The maximum absolute atomic E-state index is 11.9. The van der Waals surface area contributed by atoms with Crippen LogP contribution in [0.15, 0.2) is 24.3 Å². The number of nitrogens with one attached hydrogen (secondary N) is 1. The van der Waals surface area contributed by atoms with E-state index in [-0.39, 0.29) is 17.6 Å². The summed E-state index contributed by atoms with van der Waals surface area (Å²) in [6, 6.07) is 7.18. The number of fused-ring (bicyclic) bond motifs is 1. The van der Waals surface area contributed by atoms with Crippen molar-refractivity contribution in [3.05, 3.63) is 35.4 Å². The second-order valence-electron chi connectivity index (χ2n) is 8.26. The molecule has 3 aliphatic heterocycles. The van der Waals surface area contributed by atoms with Crippen LogP contribution in [0.3, 0.4) is 0 Å². The Hall–Kier alpha value is -1.92. The van der Waals surface area contributed by atoms with Crippen LogP contribution in [-0.4, -0.2) is 53.2 Å². The van der Waals surface area contributed by atoms with Crippen LogP contribution in [0.5, 0.6) is 0 Å². The van der Waals surface area contributed by atoms with Crippen LogP contribution in [0.1, 0.15) is 48.5 Å². The van der Waals surface area contributed by atoms with Gasteiger partial charge in [-0.05, 0) is 37.0 Å². The summed E-state index contributed by atoms with van der Waals surface area (Å²) in [6.45, 7) is 5.30. The molecule has 6 nitrogen and oxygen atoms in total. The molecule has 1 amide bonds. The molecular formula is C21H28N2O4. The van der Waals surface area contributed by atoms with Crippen molar-refractivity contribution >= 4 is 11.9 Å². The maximum Gasteiger partial charge on any atom is 0.335 e. The molecule has 3 heterocycles. The average Bonchev–Trinajstić information content (AvgIpc) is 3.28. The largest absolute Gasteiger partial charge is 0.478 e. The predicted molar refractivity (Wildman–Crippen MR) is 100 cm³/mol. The lowest BCUT2D eigenvalue weighted by Crippen LogP contribution is -2.41. The number of ether oxygens (including phenoxy) is 1. The fraction of sp³-hybridized carbons (Fsp3) is 0.619. The van der Waals surface area contributed by atoms with Crippen LogP contribution in [0.25, 0.3) is 0 Å². The van der Waals surface area contributed by atoms with Crippen molar-refractivity contribution in [2.75, 3.05) is 19.6 Å². The second-order valence-corrected chi connectivity index (χ2v) is 8.26. The van der Waals surface area contributed by atoms with Gasteiger partial charge in [0.05, 0.1) is 17.3 Å². The van der Waals surface area contributed by atoms with Gasteiger partial charge in [-0.15, -0.1) is 0 Å². The summed E-state index contributed by atoms with van der Waals surface area (Å²) >= 11 is 0. The number of carbonyl (C=O) groups is 2. The predicted octanol–water partition coefficient (Wildman–Crippen LogP) is 2.28. The lowest BCUT2D eigenvalue weighted by atomic mass is 9.73. The first-order chi connectivity index (χ1) is 13.0. The first-order valence-electron chi connectivity index (χ1n) is 10.00. The fourth-order valence-corrected chi connectivity index (χ4v) is 5.29. The molecule has 27 heavy (non-hydrogen) atoms. The number of hydrogen-bond acceptors (Lipinski definition) is 4. The van der Waals surface area contributed by atoms with Crippen LogP contribution in [0, 0.1) is 11.8 Å². The van der Waals surface area contributed by atoms with Gasteiger partial charge in [0, 0.05) is 44.4 Å². The molecule has 1 aromatic rings. The lowest BCUT2D eigenvalue weighted by molar-refractivity contribution is -0.121. The minimum absolute atomic E-state index is 0.0742. The third-order valence-corrected chi connectivity index (χ3v) is 6.45. The van der Waals surface area contributed by atoms with Gasteiger partial charge in [-0.25, -0.2) is 4.79 Å². The number of carboxylic acids is 1. The summed E-state index contributed by atoms with van der Waals surface area (Å²) in [6.07, 6.45) is 3.89.